The molecule has 146 valence electrons. The van der Waals surface area contributed by atoms with Gasteiger partial charge in [-0.25, -0.2) is 13.8 Å². The molecule has 2 aliphatic rings. The zero-order chi connectivity index (χ0) is 19.6. The highest BCUT2D eigenvalue weighted by molar-refractivity contribution is 7.18. The smallest absolute Gasteiger partial charge is 0.268 e. The van der Waals surface area contributed by atoms with Crippen molar-refractivity contribution in [3.8, 4) is 0 Å². The van der Waals surface area contributed by atoms with Crippen LogP contribution < -0.4 is 10.2 Å². The van der Waals surface area contributed by atoms with Crippen molar-refractivity contribution in [1.82, 2.24) is 14.3 Å². The molecule has 5 heterocycles. The van der Waals surface area contributed by atoms with Crippen molar-refractivity contribution in [3.05, 3.63) is 46.7 Å². The molecule has 2 aliphatic heterocycles. The van der Waals surface area contributed by atoms with Crippen molar-refractivity contribution < 1.29 is 13.6 Å². The SMILES string of the molecule is Cc1cn2cc(NC(=O)c3sc(N4CC5(CN(C)C5)C4)cc3F)cc(F)c2n1. The molecule has 1 amide bonds. The summed E-state index contributed by atoms with van der Waals surface area (Å²) >= 11 is 1.13. The lowest BCUT2D eigenvalue weighted by atomic mass is 9.73. The van der Waals surface area contributed by atoms with Gasteiger partial charge in [0.25, 0.3) is 5.91 Å². The number of aryl methyl sites for hydroxylation is 1. The van der Waals surface area contributed by atoms with E-state index in [2.05, 4.69) is 27.1 Å². The van der Waals surface area contributed by atoms with Crippen molar-refractivity contribution in [1.29, 1.82) is 0 Å². The zero-order valence-electron chi connectivity index (χ0n) is 15.5. The van der Waals surface area contributed by atoms with Gasteiger partial charge in [0.1, 0.15) is 10.7 Å². The summed E-state index contributed by atoms with van der Waals surface area (Å²) in [7, 11) is 2.09. The maximum atomic E-state index is 14.4. The fourth-order valence-electron chi connectivity index (χ4n) is 4.32. The van der Waals surface area contributed by atoms with Crippen LogP contribution in [0.1, 0.15) is 15.4 Å². The maximum Gasteiger partial charge on any atom is 0.268 e. The number of fused-ring (bicyclic) bond motifs is 1. The molecule has 3 aromatic rings. The third kappa shape index (κ3) is 2.77. The summed E-state index contributed by atoms with van der Waals surface area (Å²) in [6.07, 6.45) is 3.23. The normalized spacial score (nSPS) is 18.4. The Balaban J connectivity index is 1.33. The lowest BCUT2D eigenvalue weighted by Gasteiger charge is -2.60. The van der Waals surface area contributed by atoms with Crippen LogP contribution in [-0.2, 0) is 0 Å². The number of nitrogens with zero attached hydrogens (tertiary/aromatic N) is 4. The summed E-state index contributed by atoms with van der Waals surface area (Å²) in [5.41, 5.74) is 1.44. The van der Waals surface area contributed by atoms with Gasteiger partial charge < -0.3 is 19.5 Å². The Bertz CT molecular complexity index is 1090. The first-order chi connectivity index (χ1) is 13.3. The van der Waals surface area contributed by atoms with Crippen molar-refractivity contribution >= 4 is 33.6 Å². The van der Waals surface area contributed by atoms with E-state index in [1.54, 1.807) is 19.3 Å². The first kappa shape index (κ1) is 17.6. The Morgan fingerprint density at radius 1 is 1.18 bits per heavy atom. The Kier molecular flexibility index (Phi) is 3.76. The predicted octanol–water partition coefficient (Wildman–Crippen LogP) is 2.99. The van der Waals surface area contributed by atoms with Crippen molar-refractivity contribution in [3.63, 3.8) is 0 Å². The fourth-order valence-corrected chi connectivity index (χ4v) is 5.25. The van der Waals surface area contributed by atoms with Crippen LogP contribution >= 0.6 is 11.3 Å². The Hall–Kier alpha value is -2.52. The van der Waals surface area contributed by atoms with E-state index in [9.17, 15) is 13.6 Å². The molecule has 9 heteroatoms. The second-order valence-corrected chi connectivity index (χ2v) is 8.96. The van der Waals surface area contributed by atoms with Gasteiger partial charge >= 0.3 is 0 Å². The van der Waals surface area contributed by atoms with E-state index in [4.69, 9.17) is 0 Å². The number of rotatable bonds is 3. The Morgan fingerprint density at radius 2 is 1.93 bits per heavy atom. The van der Waals surface area contributed by atoms with Crippen LogP contribution in [0.4, 0.5) is 19.5 Å². The number of thiophene rings is 1. The van der Waals surface area contributed by atoms with Gasteiger partial charge in [-0.15, -0.1) is 11.3 Å². The van der Waals surface area contributed by atoms with E-state index >= 15 is 0 Å². The van der Waals surface area contributed by atoms with E-state index < -0.39 is 17.5 Å². The zero-order valence-corrected chi connectivity index (χ0v) is 16.3. The predicted molar refractivity (Wildman–Crippen MR) is 104 cm³/mol. The number of halogens is 2. The van der Waals surface area contributed by atoms with Crippen molar-refractivity contribution in [2.45, 2.75) is 6.92 Å². The number of aromatic nitrogens is 2. The molecule has 0 bridgehead atoms. The molecule has 0 radical (unpaired) electrons. The minimum Gasteiger partial charge on any atom is -0.362 e. The van der Waals surface area contributed by atoms with Crippen molar-refractivity contribution in [2.75, 3.05) is 43.4 Å². The molecule has 0 unspecified atom stereocenters. The van der Waals surface area contributed by atoms with E-state index in [1.807, 2.05) is 0 Å². The molecule has 5 rings (SSSR count). The topological polar surface area (TPSA) is 52.9 Å². The van der Waals surface area contributed by atoms with Gasteiger partial charge in [-0.05, 0) is 14.0 Å². The van der Waals surface area contributed by atoms with Gasteiger partial charge in [0.15, 0.2) is 11.5 Å². The summed E-state index contributed by atoms with van der Waals surface area (Å²) < 4.78 is 30.1. The standard InChI is InChI=1S/C19H19F2N5OS/c1-11-5-25-6-12(3-14(21)17(25)22-11)23-18(27)16-13(20)4-15(28-16)26-9-19(10-26)7-24(2)8-19/h3-6H,7-10H2,1-2H3,(H,23,27). The minimum atomic E-state index is -0.581. The molecule has 0 aliphatic carbocycles. The summed E-state index contributed by atoms with van der Waals surface area (Å²) in [5.74, 6) is -1.68. The van der Waals surface area contributed by atoms with Crippen LogP contribution in [0, 0.1) is 24.0 Å². The Morgan fingerprint density at radius 3 is 2.64 bits per heavy atom. The summed E-state index contributed by atoms with van der Waals surface area (Å²) in [6.45, 7) is 5.66. The Labute approximate surface area is 164 Å². The third-order valence-corrected chi connectivity index (χ3v) is 6.51. The summed E-state index contributed by atoms with van der Waals surface area (Å²) in [6, 6.07) is 2.61. The van der Waals surface area contributed by atoms with Crippen LogP contribution in [0.2, 0.25) is 0 Å². The van der Waals surface area contributed by atoms with Gasteiger partial charge in [-0.2, -0.15) is 0 Å². The third-order valence-electron chi connectivity index (χ3n) is 5.34. The number of carbonyl (C=O) groups excluding carboxylic acids is 1. The number of hydrogen-bond acceptors (Lipinski definition) is 5. The van der Waals surface area contributed by atoms with E-state index in [1.165, 1.54) is 16.5 Å². The molecule has 0 aromatic carbocycles. The molecule has 0 saturated carbocycles. The number of carbonyl (C=O) groups is 1. The monoisotopic (exact) mass is 403 g/mol. The van der Waals surface area contributed by atoms with Crippen LogP contribution in [0.15, 0.2) is 24.5 Å². The van der Waals surface area contributed by atoms with Crippen LogP contribution in [0.5, 0.6) is 0 Å². The van der Waals surface area contributed by atoms with Gasteiger partial charge in [-0.3, -0.25) is 4.79 Å². The fraction of sp³-hybridized carbons (Fsp3) is 0.368. The van der Waals surface area contributed by atoms with Gasteiger partial charge in [0.05, 0.1) is 16.4 Å². The molecule has 0 atom stereocenters. The molecule has 1 N–H and O–H groups in total. The lowest BCUT2D eigenvalue weighted by molar-refractivity contribution is -0.00205. The number of likely N-dealkylation sites (tertiary alicyclic amines) is 1. The highest BCUT2D eigenvalue weighted by Crippen LogP contribution is 2.43. The average molecular weight is 403 g/mol. The van der Waals surface area contributed by atoms with Gasteiger partial charge in [-0.1, -0.05) is 0 Å². The molecular weight excluding hydrogens is 384 g/mol. The first-order valence-electron chi connectivity index (χ1n) is 9.01. The summed E-state index contributed by atoms with van der Waals surface area (Å²) in [4.78, 5) is 21.0. The molecule has 1 spiro atoms. The van der Waals surface area contributed by atoms with Crippen LogP contribution in [-0.4, -0.2) is 53.4 Å². The summed E-state index contributed by atoms with van der Waals surface area (Å²) in [5, 5.41) is 3.35. The van der Waals surface area contributed by atoms with Gasteiger partial charge in [0, 0.05) is 56.1 Å². The highest BCUT2D eigenvalue weighted by Gasteiger charge is 2.50. The number of anilines is 2. The molecule has 28 heavy (non-hydrogen) atoms. The number of pyridine rings is 1. The molecule has 6 nitrogen and oxygen atoms in total. The molecule has 2 fully saturated rings. The molecular formula is C19H19F2N5OS. The van der Waals surface area contributed by atoms with Crippen LogP contribution in [0.25, 0.3) is 5.65 Å². The highest BCUT2D eigenvalue weighted by atomic mass is 32.1. The van der Waals surface area contributed by atoms with E-state index in [0.29, 0.717) is 11.1 Å². The maximum absolute atomic E-state index is 14.4. The van der Waals surface area contributed by atoms with Gasteiger partial charge in [0.2, 0.25) is 0 Å². The van der Waals surface area contributed by atoms with E-state index in [0.717, 1.165) is 42.5 Å². The average Bonchev–Trinajstić information content (AvgIpc) is 3.12. The lowest BCUT2D eigenvalue weighted by Crippen LogP contribution is -2.71. The number of hydrogen-bond donors (Lipinski definition) is 1. The second kappa shape index (κ2) is 5.99. The number of imidazole rings is 1. The first-order valence-corrected chi connectivity index (χ1v) is 9.83. The number of nitrogens with one attached hydrogen (secondary N) is 1. The van der Waals surface area contributed by atoms with Crippen LogP contribution in [0.3, 0.4) is 0 Å². The number of amides is 1. The molecule has 3 aromatic heterocycles. The van der Waals surface area contributed by atoms with E-state index in [-0.39, 0.29) is 16.2 Å². The minimum absolute atomic E-state index is 0.00370. The molecule has 2 saturated heterocycles. The van der Waals surface area contributed by atoms with Crippen molar-refractivity contribution in [2.24, 2.45) is 5.41 Å². The quantitative estimate of drug-likeness (QED) is 0.731. The largest absolute Gasteiger partial charge is 0.362 e. The second-order valence-electron chi connectivity index (χ2n) is 7.93.